The molecule has 0 atom stereocenters. The first-order valence-electron chi connectivity index (χ1n) is 10.9. The molecule has 180 valence electrons. The Kier molecular flexibility index (Phi) is 7.31. The number of nitrogens with two attached hydrogens (primary N) is 1. The summed E-state index contributed by atoms with van der Waals surface area (Å²) in [5.41, 5.74) is 10.6. The molecule has 4 rings (SSSR count). The Morgan fingerprint density at radius 1 is 1.20 bits per heavy atom. The van der Waals surface area contributed by atoms with Gasteiger partial charge in [-0.25, -0.2) is 10.1 Å². The van der Waals surface area contributed by atoms with Gasteiger partial charge in [0.15, 0.2) is 5.69 Å². The Hall–Kier alpha value is -4.74. The minimum Gasteiger partial charge on any atom is -0.494 e. The Morgan fingerprint density at radius 2 is 1.97 bits per heavy atom. The minimum atomic E-state index is -0.540. The molecule has 4 aromatic rings. The zero-order chi connectivity index (χ0) is 24.6. The first kappa shape index (κ1) is 23.4. The van der Waals surface area contributed by atoms with Crippen LogP contribution in [-0.2, 0) is 6.54 Å². The number of nitrogens with zero attached hydrogens (tertiary/aromatic N) is 7. The molecule has 0 saturated heterocycles. The first-order chi connectivity index (χ1) is 17.1. The van der Waals surface area contributed by atoms with Crippen LogP contribution < -0.4 is 20.8 Å². The number of para-hydroxylation sites is 1. The van der Waals surface area contributed by atoms with E-state index in [4.69, 9.17) is 15.1 Å². The van der Waals surface area contributed by atoms with Crippen LogP contribution >= 0.6 is 0 Å². The molecule has 12 nitrogen and oxygen atoms in total. The van der Waals surface area contributed by atoms with Crippen molar-refractivity contribution in [2.75, 3.05) is 24.3 Å². The van der Waals surface area contributed by atoms with Gasteiger partial charge in [0.1, 0.15) is 5.75 Å². The van der Waals surface area contributed by atoms with E-state index in [0.29, 0.717) is 12.3 Å². The summed E-state index contributed by atoms with van der Waals surface area (Å²) in [5.74, 6) is 0.400. The number of carbonyl (C=O) groups excluding carboxylic acids is 1. The van der Waals surface area contributed by atoms with Gasteiger partial charge < -0.3 is 15.4 Å². The van der Waals surface area contributed by atoms with E-state index in [2.05, 4.69) is 31.2 Å². The largest absolute Gasteiger partial charge is 0.494 e. The zero-order valence-corrected chi connectivity index (χ0v) is 19.3. The van der Waals surface area contributed by atoms with Gasteiger partial charge in [-0.05, 0) is 58.7 Å². The number of aromatic nitrogens is 5. The third-order valence-corrected chi connectivity index (χ3v) is 4.99. The summed E-state index contributed by atoms with van der Waals surface area (Å²) >= 11 is 0. The van der Waals surface area contributed by atoms with E-state index in [9.17, 15) is 4.79 Å². The summed E-state index contributed by atoms with van der Waals surface area (Å²) in [5, 5.41) is 19.5. The number of hydrogen-bond acceptors (Lipinski definition) is 10. The van der Waals surface area contributed by atoms with Crippen LogP contribution in [0.25, 0.3) is 5.82 Å². The first-order valence-corrected chi connectivity index (χ1v) is 10.9. The highest BCUT2D eigenvalue weighted by Crippen LogP contribution is 2.20. The number of hydrogen-bond donors (Lipinski definition) is 2. The highest BCUT2D eigenvalue weighted by molar-refractivity contribution is 5.94. The van der Waals surface area contributed by atoms with Crippen LogP contribution in [0.3, 0.4) is 0 Å². The van der Waals surface area contributed by atoms with Crippen LogP contribution in [0.15, 0.2) is 64.3 Å². The molecule has 0 aliphatic rings. The van der Waals surface area contributed by atoms with Crippen LogP contribution in [0.2, 0.25) is 0 Å². The predicted molar refractivity (Wildman–Crippen MR) is 129 cm³/mol. The van der Waals surface area contributed by atoms with Crippen molar-refractivity contribution in [2.24, 2.45) is 5.10 Å². The van der Waals surface area contributed by atoms with Crippen LogP contribution in [-0.4, -0.2) is 51.1 Å². The van der Waals surface area contributed by atoms with Crippen LogP contribution in [0.4, 0.5) is 11.5 Å². The van der Waals surface area contributed by atoms with Gasteiger partial charge in [-0.2, -0.15) is 9.78 Å². The number of anilines is 2. The van der Waals surface area contributed by atoms with Crippen molar-refractivity contribution in [1.29, 1.82) is 0 Å². The van der Waals surface area contributed by atoms with Crippen molar-refractivity contribution in [3.05, 3.63) is 71.5 Å². The summed E-state index contributed by atoms with van der Waals surface area (Å²) in [6.45, 7) is 2.97. The second-order valence-corrected chi connectivity index (χ2v) is 7.58. The van der Waals surface area contributed by atoms with E-state index >= 15 is 0 Å². The molecule has 0 aliphatic carbocycles. The number of ether oxygens (including phenoxy) is 1. The van der Waals surface area contributed by atoms with Gasteiger partial charge in [0, 0.05) is 12.7 Å². The van der Waals surface area contributed by atoms with Gasteiger partial charge in [-0.3, -0.25) is 4.79 Å². The van der Waals surface area contributed by atoms with Gasteiger partial charge in [-0.1, -0.05) is 30.3 Å². The average molecular weight is 476 g/mol. The van der Waals surface area contributed by atoms with E-state index in [1.165, 1.54) is 10.9 Å². The zero-order valence-electron chi connectivity index (χ0n) is 19.3. The molecule has 12 heteroatoms. The number of amides is 1. The number of nitrogen functional groups attached to an aromatic ring is 1. The molecule has 0 radical (unpaired) electrons. The molecule has 0 bridgehead atoms. The fourth-order valence-electron chi connectivity index (χ4n) is 3.21. The van der Waals surface area contributed by atoms with E-state index in [-0.39, 0.29) is 23.9 Å². The van der Waals surface area contributed by atoms with Crippen molar-refractivity contribution < 1.29 is 14.2 Å². The molecule has 0 unspecified atom stereocenters. The van der Waals surface area contributed by atoms with Crippen LogP contribution in [0.1, 0.15) is 35.1 Å². The predicted octanol–water partition coefficient (Wildman–Crippen LogP) is 2.42. The lowest BCUT2D eigenvalue weighted by Crippen LogP contribution is -2.24. The molecule has 35 heavy (non-hydrogen) atoms. The van der Waals surface area contributed by atoms with Crippen molar-refractivity contribution in [2.45, 2.75) is 19.9 Å². The van der Waals surface area contributed by atoms with Gasteiger partial charge in [-0.15, -0.1) is 5.10 Å². The van der Waals surface area contributed by atoms with Crippen molar-refractivity contribution in [3.8, 4) is 11.6 Å². The Morgan fingerprint density at radius 3 is 2.66 bits per heavy atom. The maximum Gasteiger partial charge on any atom is 0.293 e. The SMILES string of the molecule is CCCOc1ccc(/C=N/NC(=O)c2nnn(-c3nonc3N)c2CN(C)c2ccccc2)cc1. The molecule has 0 saturated carbocycles. The number of benzene rings is 2. The standard InChI is InChI=1S/C23H25N9O3/c1-3-13-34-18-11-9-16(10-12-18)14-25-27-23(33)20-19(15-31(2)17-7-5-4-6-8-17)32(30-26-20)22-21(24)28-35-29-22/h4-12,14H,3,13,15H2,1-2H3,(H2,24,28)(H,27,33)/b25-14+. The van der Waals surface area contributed by atoms with Crippen molar-refractivity contribution in [3.63, 3.8) is 0 Å². The topological polar surface area (TPSA) is 150 Å². The lowest BCUT2D eigenvalue weighted by molar-refractivity contribution is 0.0949. The van der Waals surface area contributed by atoms with Crippen LogP contribution in [0, 0.1) is 0 Å². The quantitative estimate of drug-likeness (QED) is 0.260. The normalized spacial score (nSPS) is 11.0. The Bertz CT molecular complexity index is 1280. The Labute approximate surface area is 201 Å². The maximum atomic E-state index is 12.9. The highest BCUT2D eigenvalue weighted by atomic mass is 16.6. The molecular weight excluding hydrogens is 450 g/mol. The van der Waals surface area contributed by atoms with Gasteiger partial charge in [0.25, 0.3) is 5.91 Å². The summed E-state index contributed by atoms with van der Waals surface area (Å²) in [6, 6.07) is 17.0. The lowest BCUT2D eigenvalue weighted by atomic mass is 10.2. The fourth-order valence-corrected chi connectivity index (χ4v) is 3.21. The monoisotopic (exact) mass is 475 g/mol. The third-order valence-electron chi connectivity index (χ3n) is 4.99. The summed E-state index contributed by atoms with van der Waals surface area (Å²) < 4.78 is 11.6. The molecule has 2 aromatic heterocycles. The summed E-state index contributed by atoms with van der Waals surface area (Å²) in [4.78, 5) is 14.9. The number of nitrogens with one attached hydrogen (secondary N) is 1. The Balaban J connectivity index is 1.53. The lowest BCUT2D eigenvalue weighted by Gasteiger charge is -2.19. The highest BCUT2D eigenvalue weighted by Gasteiger charge is 2.25. The van der Waals surface area contributed by atoms with Crippen molar-refractivity contribution >= 4 is 23.6 Å². The third kappa shape index (κ3) is 5.61. The molecule has 3 N–H and O–H groups in total. The second kappa shape index (κ2) is 10.9. The smallest absolute Gasteiger partial charge is 0.293 e. The second-order valence-electron chi connectivity index (χ2n) is 7.58. The molecule has 1 amide bonds. The number of rotatable bonds is 10. The summed E-state index contributed by atoms with van der Waals surface area (Å²) in [7, 11) is 1.88. The van der Waals surface area contributed by atoms with E-state index < -0.39 is 5.91 Å². The van der Waals surface area contributed by atoms with Gasteiger partial charge in [0.05, 0.1) is 25.1 Å². The summed E-state index contributed by atoms with van der Waals surface area (Å²) in [6.07, 6.45) is 2.46. The molecule has 2 aromatic carbocycles. The molecule has 2 heterocycles. The number of hydrazone groups is 1. The number of carbonyl (C=O) groups is 1. The fraction of sp³-hybridized carbons (Fsp3) is 0.217. The maximum absolute atomic E-state index is 12.9. The molecule has 0 aliphatic heterocycles. The van der Waals surface area contributed by atoms with E-state index in [0.717, 1.165) is 23.4 Å². The van der Waals surface area contributed by atoms with E-state index in [1.54, 1.807) is 0 Å². The van der Waals surface area contributed by atoms with Crippen molar-refractivity contribution in [1.82, 2.24) is 30.7 Å². The van der Waals surface area contributed by atoms with E-state index in [1.807, 2.05) is 73.5 Å². The molecule has 0 spiro atoms. The van der Waals surface area contributed by atoms with Crippen LogP contribution in [0.5, 0.6) is 5.75 Å². The molecular formula is C23H25N9O3. The minimum absolute atomic E-state index is 0.0230. The van der Waals surface area contributed by atoms with Gasteiger partial charge >= 0.3 is 0 Å². The average Bonchev–Trinajstić information content (AvgIpc) is 3.49. The van der Waals surface area contributed by atoms with Gasteiger partial charge in [0.2, 0.25) is 11.6 Å². The molecule has 0 fully saturated rings.